The quantitative estimate of drug-likeness (QED) is 0.864. The molecular formula is C19H29ClN4O2. The van der Waals surface area contributed by atoms with Crippen LogP contribution < -0.4 is 5.32 Å². The summed E-state index contributed by atoms with van der Waals surface area (Å²) < 4.78 is 7.17. The highest BCUT2D eigenvalue weighted by Gasteiger charge is 2.26. The number of carbonyl (C=O) groups excluding carboxylic acids is 1. The predicted molar refractivity (Wildman–Crippen MR) is 104 cm³/mol. The number of nitrogens with one attached hydrogen (secondary N) is 1. The van der Waals surface area contributed by atoms with E-state index in [-0.39, 0.29) is 18.3 Å². The molecule has 1 N–H and O–H groups in total. The molecule has 26 heavy (non-hydrogen) atoms. The number of hydrogen-bond donors (Lipinski definition) is 1. The third kappa shape index (κ3) is 4.13. The van der Waals surface area contributed by atoms with E-state index in [0.717, 1.165) is 67.6 Å². The van der Waals surface area contributed by atoms with Crippen LogP contribution in [0.15, 0.2) is 16.7 Å². The van der Waals surface area contributed by atoms with Crippen LogP contribution in [-0.4, -0.2) is 46.7 Å². The first-order chi connectivity index (χ1) is 12.0. The molecule has 0 radical (unpaired) electrons. The lowest BCUT2D eigenvalue weighted by Crippen LogP contribution is -2.40. The van der Waals surface area contributed by atoms with Gasteiger partial charge < -0.3 is 14.7 Å². The molecule has 2 aromatic rings. The summed E-state index contributed by atoms with van der Waals surface area (Å²) in [5, 5.41) is 7.50. The Bertz CT molecular complexity index is 745. The summed E-state index contributed by atoms with van der Waals surface area (Å²) >= 11 is 0. The van der Waals surface area contributed by atoms with E-state index >= 15 is 0 Å². The number of hydrogen-bond acceptors (Lipinski definition) is 4. The molecule has 1 fully saturated rings. The number of aryl methyl sites for hydroxylation is 2. The van der Waals surface area contributed by atoms with E-state index in [1.54, 1.807) is 0 Å². The summed E-state index contributed by atoms with van der Waals surface area (Å²) in [6.07, 6.45) is 2.14. The zero-order valence-electron chi connectivity index (χ0n) is 16.0. The van der Waals surface area contributed by atoms with Gasteiger partial charge in [-0.2, -0.15) is 0 Å². The monoisotopic (exact) mass is 380 g/mol. The van der Waals surface area contributed by atoms with Crippen molar-refractivity contribution < 1.29 is 9.32 Å². The first-order valence-electron chi connectivity index (χ1n) is 9.13. The normalized spacial score (nSPS) is 15.2. The van der Waals surface area contributed by atoms with Crippen molar-refractivity contribution in [2.45, 2.75) is 40.5 Å². The Morgan fingerprint density at radius 1 is 1.27 bits per heavy atom. The Kier molecular flexibility index (Phi) is 6.89. The minimum atomic E-state index is 0. The molecule has 1 aliphatic rings. The molecule has 0 saturated carbocycles. The number of nitrogens with zero attached hydrogens (tertiary/aromatic N) is 3. The van der Waals surface area contributed by atoms with Gasteiger partial charge in [-0.15, -0.1) is 12.4 Å². The Balaban J connectivity index is 0.00000243. The second-order valence-corrected chi connectivity index (χ2v) is 6.96. The second-order valence-electron chi connectivity index (χ2n) is 6.96. The molecule has 1 saturated heterocycles. The molecule has 144 valence electrons. The highest BCUT2D eigenvalue weighted by Crippen LogP contribution is 2.24. The van der Waals surface area contributed by atoms with Crippen molar-refractivity contribution >= 4 is 18.3 Å². The van der Waals surface area contributed by atoms with Gasteiger partial charge in [0.25, 0.3) is 5.91 Å². The molecule has 0 unspecified atom stereocenters. The Labute approximate surface area is 161 Å². The van der Waals surface area contributed by atoms with Crippen molar-refractivity contribution in [3.8, 4) is 5.82 Å². The molecule has 6 nitrogen and oxygen atoms in total. The number of aromatic nitrogens is 2. The number of carbonyl (C=O) groups is 1. The van der Waals surface area contributed by atoms with E-state index in [1.165, 1.54) is 0 Å². The fourth-order valence-corrected chi connectivity index (χ4v) is 3.65. The predicted octanol–water partition coefficient (Wildman–Crippen LogP) is 3.27. The lowest BCUT2D eigenvalue weighted by atomic mass is 9.96. The van der Waals surface area contributed by atoms with Crippen LogP contribution in [0.25, 0.3) is 5.82 Å². The lowest BCUT2D eigenvalue weighted by Gasteiger charge is -2.32. The third-order valence-corrected chi connectivity index (χ3v) is 5.09. The fourth-order valence-electron chi connectivity index (χ4n) is 3.65. The summed E-state index contributed by atoms with van der Waals surface area (Å²) in [6, 6.07) is 3.85. The maximum absolute atomic E-state index is 13.0. The third-order valence-electron chi connectivity index (χ3n) is 5.09. The molecule has 0 bridgehead atoms. The van der Waals surface area contributed by atoms with E-state index < -0.39 is 0 Å². The van der Waals surface area contributed by atoms with Crippen LogP contribution in [0.5, 0.6) is 0 Å². The number of rotatable bonds is 5. The molecule has 0 atom stereocenters. The van der Waals surface area contributed by atoms with Gasteiger partial charge in [0.15, 0.2) is 5.82 Å². The van der Waals surface area contributed by atoms with E-state index in [1.807, 2.05) is 42.4 Å². The van der Waals surface area contributed by atoms with Gasteiger partial charge in [-0.25, -0.2) is 0 Å². The minimum absolute atomic E-state index is 0. The van der Waals surface area contributed by atoms with Gasteiger partial charge in [0.05, 0.1) is 5.56 Å². The van der Waals surface area contributed by atoms with Crippen LogP contribution in [0.3, 0.4) is 0 Å². The number of halogens is 1. The van der Waals surface area contributed by atoms with Crippen LogP contribution in [0.1, 0.15) is 47.3 Å². The van der Waals surface area contributed by atoms with Gasteiger partial charge in [0, 0.05) is 30.5 Å². The lowest BCUT2D eigenvalue weighted by molar-refractivity contribution is 0.0689. The van der Waals surface area contributed by atoms with E-state index in [9.17, 15) is 4.79 Å². The molecule has 7 heteroatoms. The van der Waals surface area contributed by atoms with Crippen LogP contribution in [-0.2, 0) is 0 Å². The first-order valence-corrected chi connectivity index (χ1v) is 9.13. The van der Waals surface area contributed by atoms with Gasteiger partial charge in [0.2, 0.25) is 0 Å². The molecule has 1 aliphatic heterocycles. The number of piperidine rings is 1. The maximum atomic E-state index is 13.0. The van der Waals surface area contributed by atoms with Gasteiger partial charge in [-0.3, -0.25) is 9.36 Å². The average Bonchev–Trinajstić information content (AvgIpc) is 3.15. The SMILES string of the molecule is CCNCC1CCN(C(=O)c2cc(C)n(-c3cc(C)on3)c2C)CC1.Cl. The zero-order chi connectivity index (χ0) is 18.0. The Morgan fingerprint density at radius 2 is 1.96 bits per heavy atom. The van der Waals surface area contributed by atoms with Gasteiger partial charge in [-0.05, 0) is 58.7 Å². The first kappa shape index (κ1) is 20.5. The molecule has 2 aromatic heterocycles. The van der Waals surface area contributed by atoms with Crippen molar-refractivity contribution in [1.29, 1.82) is 0 Å². The Morgan fingerprint density at radius 3 is 2.54 bits per heavy atom. The van der Waals surface area contributed by atoms with Crippen LogP contribution in [0.4, 0.5) is 0 Å². The van der Waals surface area contributed by atoms with Crippen LogP contribution in [0.2, 0.25) is 0 Å². The molecule has 0 spiro atoms. The summed E-state index contributed by atoms with van der Waals surface area (Å²) in [7, 11) is 0. The summed E-state index contributed by atoms with van der Waals surface area (Å²) in [5.74, 6) is 2.30. The van der Waals surface area contributed by atoms with Crippen molar-refractivity contribution in [1.82, 2.24) is 19.9 Å². The van der Waals surface area contributed by atoms with Crippen molar-refractivity contribution in [2.75, 3.05) is 26.2 Å². The second kappa shape index (κ2) is 8.73. The minimum Gasteiger partial charge on any atom is -0.360 e. The summed E-state index contributed by atoms with van der Waals surface area (Å²) in [4.78, 5) is 15.0. The molecule has 1 amide bonds. The van der Waals surface area contributed by atoms with E-state index in [4.69, 9.17) is 4.52 Å². The smallest absolute Gasteiger partial charge is 0.255 e. The Hall–Kier alpha value is -1.79. The van der Waals surface area contributed by atoms with Crippen molar-refractivity contribution in [2.24, 2.45) is 5.92 Å². The highest BCUT2D eigenvalue weighted by atomic mass is 35.5. The van der Waals surface area contributed by atoms with Gasteiger partial charge >= 0.3 is 0 Å². The average molecular weight is 381 g/mol. The van der Waals surface area contributed by atoms with Gasteiger partial charge in [0.1, 0.15) is 5.76 Å². The number of likely N-dealkylation sites (tertiary alicyclic amines) is 1. The van der Waals surface area contributed by atoms with Crippen molar-refractivity contribution in [3.05, 3.63) is 34.8 Å². The van der Waals surface area contributed by atoms with E-state index in [0.29, 0.717) is 5.92 Å². The zero-order valence-corrected chi connectivity index (χ0v) is 16.9. The molecule has 3 rings (SSSR count). The fraction of sp³-hybridized carbons (Fsp3) is 0.579. The maximum Gasteiger partial charge on any atom is 0.255 e. The van der Waals surface area contributed by atoms with Crippen LogP contribution in [0, 0.1) is 26.7 Å². The summed E-state index contributed by atoms with van der Waals surface area (Å²) in [5.41, 5.74) is 2.69. The number of amides is 1. The molecule has 0 aliphatic carbocycles. The summed E-state index contributed by atoms with van der Waals surface area (Å²) in [6.45, 7) is 11.7. The molecule has 3 heterocycles. The van der Waals surface area contributed by atoms with Crippen LogP contribution >= 0.6 is 12.4 Å². The molecular weight excluding hydrogens is 352 g/mol. The standard InChI is InChI=1S/C19H28N4O2.ClH/c1-5-20-12-16-6-8-22(9-7-16)19(24)17-10-13(2)23(15(17)4)18-11-14(3)25-21-18;/h10-11,16,20H,5-9,12H2,1-4H3;1H. The van der Waals surface area contributed by atoms with E-state index in [2.05, 4.69) is 17.4 Å². The highest BCUT2D eigenvalue weighted by molar-refractivity contribution is 5.96. The molecule has 0 aromatic carbocycles. The van der Waals surface area contributed by atoms with Gasteiger partial charge in [-0.1, -0.05) is 12.1 Å². The van der Waals surface area contributed by atoms with Crippen molar-refractivity contribution in [3.63, 3.8) is 0 Å². The topological polar surface area (TPSA) is 63.3 Å². The largest absolute Gasteiger partial charge is 0.360 e.